The molecule has 2 aromatic carbocycles. The zero-order valence-electron chi connectivity index (χ0n) is 84.5. The second-order valence-electron chi connectivity index (χ2n) is 36.5. The van der Waals surface area contributed by atoms with Crippen molar-refractivity contribution in [2.75, 3.05) is 47.0 Å². The number of para-hydroxylation sites is 1. The first-order valence-corrected chi connectivity index (χ1v) is 49.0. The number of aromatic amines is 2. The Balaban J connectivity index is 0.945. The Morgan fingerprint density at radius 2 is 1.17 bits per heavy atom. The number of guanidine groups is 1. The maximum absolute atomic E-state index is 15.4. The van der Waals surface area contributed by atoms with Gasteiger partial charge in [-0.1, -0.05) is 123 Å². The van der Waals surface area contributed by atoms with E-state index in [1.807, 2.05) is 0 Å². The van der Waals surface area contributed by atoms with Gasteiger partial charge in [0.05, 0.1) is 46.2 Å². The molecule has 4 aromatic heterocycles. The van der Waals surface area contributed by atoms with E-state index in [9.17, 15) is 87.2 Å². The molecule has 0 aliphatic carbocycles. The van der Waals surface area contributed by atoms with Gasteiger partial charge >= 0.3 is 29.8 Å². The Kier molecular flexibility index (Phi) is 45.4. The smallest absolute Gasteiger partial charge is 0.360 e. The molecule has 15 atom stereocenters. The highest BCUT2D eigenvalue weighted by molar-refractivity contribution is 6.01. The van der Waals surface area contributed by atoms with Crippen LogP contribution in [0.3, 0.4) is 0 Å². The first kappa shape index (κ1) is 117. The third-order valence-electron chi connectivity index (χ3n) is 25.0. The Morgan fingerprint density at radius 3 is 1.75 bits per heavy atom. The molecular formula is C103H132N20O27. The van der Waals surface area contributed by atoms with Gasteiger partial charge in [-0.25, -0.2) is 24.5 Å². The molecule has 2 saturated heterocycles. The number of fused-ring (bicyclic) bond motifs is 5. The van der Waals surface area contributed by atoms with Crippen LogP contribution in [0.1, 0.15) is 181 Å². The largest absolute Gasteiger partial charge is 0.508 e. The monoisotopic (exact) mass is 2080 g/mol. The van der Waals surface area contributed by atoms with E-state index in [0.29, 0.717) is 34.1 Å². The van der Waals surface area contributed by atoms with E-state index in [1.54, 1.807) is 88.5 Å². The fourth-order valence-corrected chi connectivity index (χ4v) is 16.8. The lowest BCUT2D eigenvalue weighted by molar-refractivity contribution is -0.176. The molecule has 47 nitrogen and oxygen atoms in total. The average molecular weight is 2080 g/mol. The number of oxazole rings is 2. The molecule has 2 fully saturated rings. The van der Waals surface area contributed by atoms with Crippen molar-refractivity contribution in [3.63, 3.8) is 0 Å². The van der Waals surface area contributed by atoms with E-state index in [4.69, 9.17) is 49.4 Å². The van der Waals surface area contributed by atoms with Crippen LogP contribution in [0.2, 0.25) is 0 Å². The first-order chi connectivity index (χ1) is 71.8. The van der Waals surface area contributed by atoms with Crippen molar-refractivity contribution in [3.05, 3.63) is 205 Å². The number of nitrogens with one attached hydrogen (secondary N) is 14. The number of ether oxygens (including phenoxy) is 5. The maximum atomic E-state index is 15.4. The number of methoxy groups -OCH3 is 2. The van der Waals surface area contributed by atoms with Crippen molar-refractivity contribution in [1.82, 2.24) is 88.3 Å². The van der Waals surface area contributed by atoms with E-state index in [0.717, 1.165) is 26.7 Å². The van der Waals surface area contributed by atoms with E-state index >= 15 is 9.59 Å². The lowest BCUT2D eigenvalue weighted by atomic mass is 9.76. The van der Waals surface area contributed by atoms with Gasteiger partial charge in [0.25, 0.3) is 0 Å². The number of benzene rings is 2. The quantitative estimate of drug-likeness (QED) is 0.00651. The van der Waals surface area contributed by atoms with Crippen molar-refractivity contribution < 1.29 is 129 Å². The standard InChI is InChI=1S/C103H132N20O27/c1-9-27-78(126)102(5,99(142)144-7)80-34-17-13-11-15-19-37-86-115-76(58-147-86)98(141)150-81(35-18-14-12-16-20-36-85-114-75(57-146-85)97(140)149-80)103(6,100(143)145-8)79(28-10-2)148-87(130)45-44-83(128)108-46-24-23-31-67(88(131)118-70(49-60(3)4)90(133)117-69(32-25-47-109-101(105)106)96(139)123-48-26-33-77(123)95(138)111-55-82(104)127)116-91(134)71(50-61-38-40-64(125)41-39-61)119-94(137)74(56-124)122-92(135)72(51-62-53-110-66-30-22-21-29-65(62)66)120-93(136)73(52-63-54-107-59-112-63)121-89(132)68-42-43-84(129)113-68/h9-22,27-30,36-41,53-54,57-60,67-74,77-81,110,124-126H,23-26,31-35,42-52,55-56H2,1-8H3,(H2,104,127)(H,107,112)(H,108,128)(H,111,138)(H,113,129)(H,116,134)(H,117,133)(H,118,131)(H,119,137)(H,120,136)(H,121,132)(H,122,135)(H4,105,106,109)/t67-,68-,69-,70-,71-,72-,73-,74-,77-,78?,79?,80?,81?,102?,103?/m0/s1. The van der Waals surface area contributed by atoms with Gasteiger partial charge in [-0.3, -0.25) is 77.3 Å². The molecule has 9 rings (SSSR count). The fourth-order valence-electron chi connectivity index (χ4n) is 16.8. The van der Waals surface area contributed by atoms with Gasteiger partial charge in [-0.2, -0.15) is 0 Å². The zero-order valence-corrected chi connectivity index (χ0v) is 84.5. The molecule has 0 spiro atoms. The van der Waals surface area contributed by atoms with Crippen LogP contribution in [0.4, 0.5) is 0 Å². The number of primary amides is 1. The molecule has 3 aliphatic rings. The molecule has 6 unspecified atom stereocenters. The van der Waals surface area contributed by atoms with Gasteiger partial charge in [0.15, 0.2) is 17.3 Å². The Hall–Kier alpha value is -16.5. The van der Waals surface area contributed by atoms with Crippen LogP contribution in [0.15, 0.2) is 174 Å². The number of allylic oxidation sites excluding steroid dienone is 10. The lowest BCUT2D eigenvalue weighted by Gasteiger charge is -2.38. The van der Waals surface area contributed by atoms with Crippen molar-refractivity contribution in [2.24, 2.45) is 28.2 Å². The average Bonchev–Trinajstić information content (AvgIpc) is 1.78. The number of cyclic esters (lactones) is 2. The fraction of sp³-hybridized carbons (Fsp3) is 0.447. The number of esters is 5. The summed E-state index contributed by atoms with van der Waals surface area (Å²) >= 11 is 0. The molecule has 150 heavy (non-hydrogen) atoms. The van der Waals surface area contributed by atoms with E-state index in [2.05, 4.69) is 83.4 Å². The number of unbranched alkanes of at least 4 members (excludes halogenated alkanes) is 1. The number of amides is 12. The molecular weight excluding hydrogens is 1950 g/mol. The first-order valence-electron chi connectivity index (χ1n) is 49.0. The second-order valence-corrected chi connectivity index (χ2v) is 36.5. The topological polar surface area (TPSA) is 705 Å². The number of carbonyl (C=O) groups is 17. The molecule has 12 amide bonds. The number of aromatic nitrogens is 5. The van der Waals surface area contributed by atoms with Gasteiger partial charge < -0.3 is 133 Å². The number of phenolic OH excluding ortho intramolecular Hbond substituents is 1. The van der Waals surface area contributed by atoms with Gasteiger partial charge in [0, 0.05) is 106 Å². The number of nitrogens with two attached hydrogens (primary N) is 2. The highest BCUT2D eigenvalue weighted by Crippen LogP contribution is 2.38. The summed E-state index contributed by atoms with van der Waals surface area (Å²) in [6.45, 7) is 7.67. The van der Waals surface area contributed by atoms with Crippen LogP contribution in [0.25, 0.3) is 23.1 Å². The van der Waals surface area contributed by atoms with Crippen molar-refractivity contribution in [3.8, 4) is 5.75 Å². The number of likely N-dealkylation sites (tertiary alicyclic amines) is 1. The zero-order chi connectivity index (χ0) is 109. The lowest BCUT2D eigenvalue weighted by Crippen LogP contribution is -2.61. The van der Waals surface area contributed by atoms with Crippen molar-refractivity contribution in [2.45, 2.75) is 229 Å². The molecule has 0 radical (unpaired) electrons. The molecule has 6 aromatic rings. The summed E-state index contributed by atoms with van der Waals surface area (Å²) in [5.41, 5.74) is 8.20. The van der Waals surface area contributed by atoms with Gasteiger partial charge in [-0.05, 0) is 127 Å². The van der Waals surface area contributed by atoms with Crippen LogP contribution in [-0.4, -0.2) is 278 Å². The van der Waals surface area contributed by atoms with Crippen molar-refractivity contribution in [1.29, 1.82) is 5.41 Å². The second kappa shape index (κ2) is 58.2. The molecule has 3 aliphatic heterocycles. The number of aliphatic hydroxyl groups excluding tert-OH is 2. The molecule has 0 saturated carbocycles. The van der Waals surface area contributed by atoms with Crippen LogP contribution in [0, 0.1) is 22.2 Å². The Labute approximate surface area is 864 Å². The summed E-state index contributed by atoms with van der Waals surface area (Å²) in [5, 5.41) is 70.1. The number of hydrogen-bond acceptors (Lipinski definition) is 31. The minimum atomic E-state index is -2.09. The number of aromatic hydroxyl groups is 1. The number of phenols is 1. The highest BCUT2D eigenvalue weighted by atomic mass is 16.6. The summed E-state index contributed by atoms with van der Waals surface area (Å²) in [4.78, 5) is 260. The van der Waals surface area contributed by atoms with Crippen LogP contribution in [-0.2, 0) is 115 Å². The minimum Gasteiger partial charge on any atom is -0.508 e. The number of carbonyl (C=O) groups excluding carboxylic acids is 17. The summed E-state index contributed by atoms with van der Waals surface area (Å²) < 4.78 is 39.5. The maximum Gasteiger partial charge on any atom is 0.360 e. The summed E-state index contributed by atoms with van der Waals surface area (Å²) in [7, 11) is 2.19. The predicted octanol–water partition coefficient (Wildman–Crippen LogP) is 2.51. The molecule has 4 bridgehead atoms. The van der Waals surface area contributed by atoms with Crippen molar-refractivity contribution >= 4 is 130 Å². The number of aliphatic hydroxyl groups is 2. The third kappa shape index (κ3) is 34.6. The Morgan fingerprint density at radius 1 is 0.613 bits per heavy atom. The molecule has 806 valence electrons. The summed E-state index contributed by atoms with van der Waals surface area (Å²) in [5.74, 6) is -16.2. The number of H-pyrrole nitrogens is 2. The highest BCUT2D eigenvalue weighted by Gasteiger charge is 2.54. The van der Waals surface area contributed by atoms with Gasteiger partial charge in [0.1, 0.15) is 102 Å². The van der Waals surface area contributed by atoms with Gasteiger partial charge in [-0.15, -0.1) is 0 Å². The number of nitrogens with zero attached hydrogens (tertiary/aromatic N) is 4. The van der Waals surface area contributed by atoms with E-state index < -0.39 is 223 Å². The molecule has 21 N–H and O–H groups in total. The summed E-state index contributed by atoms with van der Waals surface area (Å²) in [6.07, 6.45) is 22.3. The SMILES string of the molecule is CC=CC(O)C(C)(C(=O)OC)C1CC=CC=CC=Cc2nc(co2)C(=O)OC(C(C)(C(=O)OC)C(C=CC)OC(=O)CCC(=O)NCCCC[C@H](NC(=O)[C@H](Cc2ccc(O)cc2)NC(=O)[C@H](CO)NC(=O)[C@H](Cc2c[nH]c3ccccc23)NC(=O)[C@H](Cc2cnc[nH]2)NC(=O)[C@@H]2CCC(=O)N2)C(=O)N[C@@H](CC(C)C)C(=O)N[C@@H](CCCNC(=N)N)C(=O)N2CCC[C@H]2C(=O)NCC(N)=O)CC=CC=CC=Cc2nc(co2)C(=O)O1. The van der Waals surface area contributed by atoms with E-state index in [-0.39, 0.29) is 144 Å². The van der Waals surface area contributed by atoms with Gasteiger partial charge in [0.2, 0.25) is 82.7 Å². The van der Waals surface area contributed by atoms with Crippen LogP contribution < -0.4 is 70.0 Å². The van der Waals surface area contributed by atoms with E-state index in [1.165, 1.54) is 122 Å². The number of imidazole rings is 1. The normalized spacial score (nSPS) is 18.1. The molecule has 47 heteroatoms. The Bertz CT molecular complexity index is 5970. The molecule has 7 heterocycles. The minimum absolute atomic E-state index is 0.0276. The number of hydrogen-bond donors (Lipinski definition) is 19. The predicted molar refractivity (Wildman–Crippen MR) is 541 cm³/mol. The summed E-state index contributed by atoms with van der Waals surface area (Å²) in [6, 6.07) is -0.858. The van der Waals surface area contributed by atoms with Crippen LogP contribution >= 0.6 is 0 Å². The van der Waals surface area contributed by atoms with Crippen LogP contribution in [0.5, 0.6) is 5.75 Å². The number of rotatable bonds is 48. The third-order valence-corrected chi connectivity index (χ3v) is 25.0.